The molecule has 7 rings (SSSR count). The molecule has 7 fully saturated rings. The van der Waals surface area contributed by atoms with Crippen LogP contribution < -0.4 is 16.0 Å². The normalized spacial score (nSPS) is 38.9. The number of carbonyl (C=O) groups is 3. The number of unbranched alkanes of at least 4 members (excludes halogenated alkanes) is 25. The van der Waals surface area contributed by atoms with Crippen LogP contribution >= 0.6 is 0 Å². The summed E-state index contributed by atoms with van der Waals surface area (Å²) in [5, 5.41) is 232. The molecule has 40 nitrogen and oxygen atoms in total. The quantitative estimate of drug-likeness (QED) is 0.0207. The summed E-state index contributed by atoms with van der Waals surface area (Å²) in [7, 11) is 0. The summed E-state index contributed by atoms with van der Waals surface area (Å²) in [6.07, 6.45) is -31.5. The summed E-state index contributed by atoms with van der Waals surface area (Å²) in [6.45, 7) is 0.980. The van der Waals surface area contributed by atoms with Crippen LogP contribution in [-0.2, 0) is 80.7 Å². The minimum atomic E-state index is -2.34. The van der Waals surface area contributed by atoms with E-state index in [2.05, 4.69) is 29.8 Å². The largest absolute Gasteiger partial charge is 0.394 e. The third-order valence-electron chi connectivity index (χ3n) is 23.8. The lowest BCUT2D eigenvalue weighted by atomic mass is 9.93. The van der Waals surface area contributed by atoms with Crippen molar-refractivity contribution in [3.05, 3.63) is 12.2 Å². The first-order chi connectivity index (χ1) is 58.5. The molecule has 122 heavy (non-hydrogen) atoms. The fraction of sp³-hybridized carbons (Fsp3) is 0.939. The molecule has 40 heteroatoms. The first-order valence-electron chi connectivity index (χ1n) is 44.3. The van der Waals surface area contributed by atoms with Crippen LogP contribution in [-0.4, -0.2) is 393 Å². The van der Waals surface area contributed by atoms with Gasteiger partial charge in [-0.2, -0.15) is 0 Å². The van der Waals surface area contributed by atoms with Gasteiger partial charge in [-0.1, -0.05) is 180 Å². The van der Waals surface area contributed by atoms with Gasteiger partial charge in [0.2, 0.25) is 17.7 Å². The average Bonchev–Trinajstić information content (AvgIpc) is 0.764. The number of rotatable bonds is 54. The van der Waals surface area contributed by atoms with E-state index in [0.717, 1.165) is 65.2 Å². The lowest BCUT2D eigenvalue weighted by Gasteiger charge is -2.52. The number of allylic oxidation sites excluding steroid dienone is 1. The summed E-state index contributed by atoms with van der Waals surface area (Å²) in [5.41, 5.74) is 0. The Balaban J connectivity index is 1.02. The number of hydrogen-bond donors (Lipinski definition) is 23. The molecule has 0 spiro atoms. The third-order valence-corrected chi connectivity index (χ3v) is 23.8. The molecule has 0 aromatic heterocycles. The molecule has 23 N–H and O–H groups in total. The topological polar surface area (TPSA) is 621 Å². The zero-order chi connectivity index (χ0) is 89.3. The Morgan fingerprint density at radius 1 is 0.336 bits per heavy atom. The molecule has 7 saturated heterocycles. The van der Waals surface area contributed by atoms with Crippen molar-refractivity contribution in [3.8, 4) is 0 Å². The maximum Gasteiger partial charge on any atom is 0.220 e. The molecule has 7 heterocycles. The van der Waals surface area contributed by atoms with Crippen molar-refractivity contribution in [3.63, 3.8) is 0 Å². The van der Waals surface area contributed by atoms with Crippen molar-refractivity contribution >= 4 is 17.7 Å². The van der Waals surface area contributed by atoms with Gasteiger partial charge >= 0.3 is 0 Å². The Labute approximate surface area is 713 Å². The SMILES string of the molecule is CCCCCCCCCCCCC/C=C/[C@@H](O)[C@H](CO[C@@H]1OC(CO)[C@@H](O[C@@H]2OC(CO)[C@H](O)[C@H](O[C@@H]3OC(CO)[C@@H](O[C@@H]4OC(CO)[C@H](O)[C@H](O[C@@H]5OC(CO)[C@@H](O[C@@H]6OC(CO)[C@H](O)[C@H](O)C6O)[C@H](O[C@H]6OC(C)[C@@H](O)C(O)[C@@H]6O)C5NC(C)=O)C4O)[C@H](O)C3NC(C)=O)C2O)[C@H](O)C1O)NC(=O)CCCCCCCCCCCCCCCCC. The van der Waals surface area contributed by atoms with Gasteiger partial charge in [-0.25, -0.2) is 0 Å². The summed E-state index contributed by atoms with van der Waals surface area (Å²) in [5.74, 6) is -2.16. The molecule has 0 saturated carbocycles. The van der Waals surface area contributed by atoms with E-state index < -0.39 is 285 Å². The van der Waals surface area contributed by atoms with Crippen LogP contribution in [0.4, 0.5) is 0 Å². The standard InChI is InChI=1S/C82H147N3O37/c1-6-8-10-12-14-16-18-20-21-23-25-27-29-31-33-35-54(95)85-46(47(94)34-32-30-28-26-24-22-19-17-15-13-11-9-7-2)42-109-78-67(106)64(103)71(52(40-90)116-78)118-82-68(107)74(59(98)49(37-87)113-82)121-76-55(83-44(4)92)61(100)70(51(39-89)114-76)117-81-69(108)75(60(99)50(38-88)112-81)122-77-56(84-45(5)93)73(120-79-65(104)62(101)57(96)43(3)110-79)72(53(41-91)115-77)119-80-66(105)63(102)58(97)48(36-86)111-80/h32,34,43,46-53,55-82,86-91,94,96-108H,6-31,33,35-42H2,1-5H3,(H,83,92)(H,84,93)(H,85,95)/b34-32+/t43?,46-,47+,48?,49?,50?,51?,52?,53?,55?,56?,57+,58-,59-,60-,61+,62?,63-,64+,65-,66?,67?,68?,69?,70+,71+,72+,73+,74-,75-,76-,77-,78+,79+,80-,81-,82-/m0/s1. The van der Waals surface area contributed by atoms with Crippen molar-refractivity contribution in [2.24, 2.45) is 0 Å². The molecule has 0 radical (unpaired) electrons. The van der Waals surface area contributed by atoms with Crippen LogP contribution in [0.2, 0.25) is 0 Å². The van der Waals surface area contributed by atoms with Gasteiger partial charge < -0.3 is 184 Å². The molecule has 7 aliphatic rings. The van der Waals surface area contributed by atoms with Crippen molar-refractivity contribution in [1.82, 2.24) is 16.0 Å². The van der Waals surface area contributed by atoms with Gasteiger partial charge in [0.15, 0.2) is 44.0 Å². The molecule has 0 aromatic rings. The smallest absolute Gasteiger partial charge is 0.220 e. The molecule has 0 aromatic carbocycles. The fourth-order valence-corrected chi connectivity index (χ4v) is 16.5. The van der Waals surface area contributed by atoms with E-state index in [9.17, 15) is 117 Å². The minimum Gasteiger partial charge on any atom is -0.394 e. The van der Waals surface area contributed by atoms with Crippen LogP contribution in [0.15, 0.2) is 12.2 Å². The van der Waals surface area contributed by atoms with Gasteiger partial charge in [0.05, 0.1) is 64.5 Å². The highest BCUT2D eigenvalue weighted by Gasteiger charge is 2.60. The van der Waals surface area contributed by atoms with Crippen molar-refractivity contribution < 1.29 is 183 Å². The average molecular weight is 1770 g/mol. The molecule has 712 valence electrons. The number of carbonyl (C=O) groups excluding carboxylic acids is 3. The van der Waals surface area contributed by atoms with E-state index >= 15 is 0 Å². The Kier molecular flexibility index (Phi) is 47.8. The molecule has 0 aliphatic carbocycles. The van der Waals surface area contributed by atoms with Crippen molar-refractivity contribution in [1.29, 1.82) is 0 Å². The first-order valence-corrected chi connectivity index (χ1v) is 44.3. The molecule has 3 amide bonds. The van der Waals surface area contributed by atoms with Gasteiger partial charge in [0, 0.05) is 20.3 Å². The zero-order valence-electron chi connectivity index (χ0n) is 71.1. The monoisotopic (exact) mass is 1770 g/mol. The number of aliphatic hydroxyl groups is 20. The van der Waals surface area contributed by atoms with Crippen LogP contribution in [0.5, 0.6) is 0 Å². The minimum absolute atomic E-state index is 0.164. The number of nitrogens with one attached hydrogen (secondary N) is 3. The number of ether oxygens (including phenoxy) is 14. The van der Waals surface area contributed by atoms with Gasteiger partial charge in [-0.05, 0) is 26.2 Å². The lowest BCUT2D eigenvalue weighted by molar-refractivity contribution is -0.393. The van der Waals surface area contributed by atoms with Crippen molar-refractivity contribution in [2.75, 3.05) is 46.2 Å². The molecule has 7 aliphatic heterocycles. The predicted octanol–water partition coefficient (Wildman–Crippen LogP) is -3.57. The maximum atomic E-state index is 13.6. The van der Waals surface area contributed by atoms with Crippen LogP contribution in [0, 0.1) is 0 Å². The highest BCUT2D eigenvalue weighted by Crippen LogP contribution is 2.40. The second-order valence-corrected chi connectivity index (χ2v) is 33.4. The second-order valence-electron chi connectivity index (χ2n) is 33.4. The predicted molar refractivity (Wildman–Crippen MR) is 425 cm³/mol. The molecular weight excluding hydrogens is 1620 g/mol. The van der Waals surface area contributed by atoms with E-state index in [4.69, 9.17) is 66.3 Å². The van der Waals surface area contributed by atoms with E-state index in [1.807, 2.05) is 6.08 Å². The Hall–Kier alpha value is -3.21. The Bertz CT molecular complexity index is 2910. The third kappa shape index (κ3) is 30.7. The first kappa shape index (κ1) is 106. The second kappa shape index (κ2) is 55.1. The lowest BCUT2D eigenvalue weighted by Crippen LogP contribution is -2.71. The Morgan fingerprint density at radius 3 is 1.12 bits per heavy atom. The van der Waals surface area contributed by atoms with E-state index in [1.165, 1.54) is 116 Å². The highest BCUT2D eigenvalue weighted by molar-refractivity contribution is 5.76. The van der Waals surface area contributed by atoms with Crippen LogP contribution in [0.25, 0.3) is 0 Å². The summed E-state index contributed by atoms with van der Waals surface area (Å²) in [6, 6.07) is -4.85. The maximum absolute atomic E-state index is 13.6. The highest BCUT2D eigenvalue weighted by atomic mass is 16.8. The molecule has 0 bridgehead atoms. The molecular formula is C82H147N3O37. The number of hydrogen-bond acceptors (Lipinski definition) is 37. The van der Waals surface area contributed by atoms with Gasteiger partial charge in [0.25, 0.3) is 0 Å². The van der Waals surface area contributed by atoms with Gasteiger partial charge in [-0.15, -0.1) is 0 Å². The Morgan fingerprint density at radius 2 is 0.672 bits per heavy atom. The van der Waals surface area contributed by atoms with Crippen LogP contribution in [0.1, 0.15) is 214 Å². The van der Waals surface area contributed by atoms with Crippen LogP contribution in [0.3, 0.4) is 0 Å². The fourth-order valence-electron chi connectivity index (χ4n) is 16.5. The zero-order valence-corrected chi connectivity index (χ0v) is 71.1. The number of amides is 3. The number of aliphatic hydroxyl groups excluding tert-OH is 20. The van der Waals surface area contributed by atoms with E-state index in [1.54, 1.807) is 6.08 Å². The van der Waals surface area contributed by atoms with Crippen molar-refractivity contribution in [2.45, 2.75) is 441 Å². The summed E-state index contributed by atoms with van der Waals surface area (Å²) in [4.78, 5) is 39.9. The summed E-state index contributed by atoms with van der Waals surface area (Å²) >= 11 is 0. The van der Waals surface area contributed by atoms with Gasteiger partial charge in [-0.3, -0.25) is 14.4 Å². The van der Waals surface area contributed by atoms with Gasteiger partial charge in [0.1, 0.15) is 165 Å². The molecule has 14 unspecified atom stereocenters. The van der Waals surface area contributed by atoms with E-state index in [-0.39, 0.29) is 12.3 Å². The molecule has 37 atom stereocenters. The van der Waals surface area contributed by atoms with E-state index in [0.29, 0.717) is 12.8 Å². The summed E-state index contributed by atoms with van der Waals surface area (Å²) < 4.78 is 84.0.